The highest BCUT2D eigenvalue weighted by molar-refractivity contribution is 6.11. The molecule has 0 spiro atoms. The summed E-state index contributed by atoms with van der Waals surface area (Å²) < 4.78 is 8.37. The minimum absolute atomic E-state index is 0.506. The van der Waals surface area contributed by atoms with Crippen LogP contribution in [0.25, 0.3) is 83.8 Å². The summed E-state index contributed by atoms with van der Waals surface area (Å²) in [6, 6.07) is 60.0. The van der Waals surface area contributed by atoms with E-state index in [0.717, 1.165) is 27.9 Å². The van der Waals surface area contributed by atoms with Crippen molar-refractivity contribution in [2.24, 2.45) is 0 Å². The first-order valence-electron chi connectivity index (χ1n) is 16.5. The second kappa shape index (κ2) is 11.9. The van der Waals surface area contributed by atoms with Crippen LogP contribution in [0.15, 0.2) is 174 Å². The molecule has 232 valence electrons. The van der Waals surface area contributed by atoms with Gasteiger partial charge in [0.15, 0.2) is 0 Å². The molecule has 0 aliphatic heterocycles. The molecule has 0 radical (unpaired) electrons. The van der Waals surface area contributed by atoms with Gasteiger partial charge >= 0.3 is 0 Å². The maximum atomic E-state index is 6.01. The predicted octanol–water partition coefficient (Wildman–Crippen LogP) is 11.8. The van der Waals surface area contributed by atoms with E-state index in [4.69, 9.17) is 4.42 Å². The third-order valence-electron chi connectivity index (χ3n) is 9.29. The van der Waals surface area contributed by atoms with Crippen LogP contribution in [0.4, 0.5) is 0 Å². The highest BCUT2D eigenvalue weighted by Crippen LogP contribution is 2.38. The largest absolute Gasteiger partial charge is 0.416 e. The maximum Gasteiger partial charge on any atom is 0.248 e. The number of nitrogens with zero attached hydrogens (tertiary/aromatic N) is 3. The van der Waals surface area contributed by atoms with Crippen LogP contribution in [0.5, 0.6) is 0 Å². The van der Waals surface area contributed by atoms with Crippen LogP contribution in [0.3, 0.4) is 0 Å². The van der Waals surface area contributed by atoms with Crippen molar-refractivity contribution in [1.82, 2.24) is 14.8 Å². The molecule has 0 amide bonds. The zero-order valence-corrected chi connectivity index (χ0v) is 26.9. The molecule has 9 rings (SSSR count). The van der Waals surface area contributed by atoms with Gasteiger partial charge in [-0.3, -0.25) is 0 Å². The van der Waals surface area contributed by atoms with Crippen LogP contribution < -0.4 is 0 Å². The maximum absolute atomic E-state index is 6.01. The van der Waals surface area contributed by atoms with Crippen LogP contribution in [0.1, 0.15) is 5.56 Å². The normalized spacial score (nSPS) is 11.4. The number of aromatic nitrogens is 3. The Kier molecular flexibility index (Phi) is 6.98. The molecule has 4 heteroatoms. The van der Waals surface area contributed by atoms with Gasteiger partial charge in [0, 0.05) is 27.6 Å². The van der Waals surface area contributed by atoms with Gasteiger partial charge in [-0.2, -0.15) is 0 Å². The fourth-order valence-electron chi connectivity index (χ4n) is 6.68. The van der Waals surface area contributed by atoms with Crippen molar-refractivity contribution >= 4 is 21.8 Å². The summed E-state index contributed by atoms with van der Waals surface area (Å²) in [4.78, 5) is 0. The molecular weight excluding hydrogens is 599 g/mol. The number of hydrogen-bond acceptors (Lipinski definition) is 3. The van der Waals surface area contributed by atoms with Gasteiger partial charge in [0.25, 0.3) is 0 Å². The van der Waals surface area contributed by atoms with Crippen molar-refractivity contribution in [3.05, 3.63) is 175 Å². The molecule has 49 heavy (non-hydrogen) atoms. The SMILES string of the molecule is Cc1ccc(-c2ccc(-c3ccc4c(c3)c3cc(-c5ccc(-c6nnc(-c7ccccc7)o6)cc5)ccc3n4-c3ccccc3)cc2)cc1. The van der Waals surface area contributed by atoms with Crippen molar-refractivity contribution in [2.75, 3.05) is 0 Å². The average Bonchev–Trinajstić information content (AvgIpc) is 3.79. The molecule has 0 saturated carbocycles. The monoisotopic (exact) mass is 629 g/mol. The summed E-state index contributed by atoms with van der Waals surface area (Å²) >= 11 is 0. The molecule has 9 aromatic rings. The van der Waals surface area contributed by atoms with Gasteiger partial charge in [0.05, 0.1) is 11.0 Å². The topological polar surface area (TPSA) is 43.9 Å². The predicted molar refractivity (Wildman–Crippen MR) is 201 cm³/mol. The average molecular weight is 630 g/mol. The zero-order valence-electron chi connectivity index (χ0n) is 26.9. The molecular formula is C45H31N3O. The van der Waals surface area contributed by atoms with Crippen LogP contribution in [-0.4, -0.2) is 14.8 Å². The molecule has 0 aliphatic rings. The Bertz CT molecular complexity index is 2560. The molecule has 0 atom stereocenters. The van der Waals surface area contributed by atoms with E-state index in [1.807, 2.05) is 42.5 Å². The van der Waals surface area contributed by atoms with Crippen molar-refractivity contribution in [2.45, 2.75) is 6.92 Å². The summed E-state index contributed by atoms with van der Waals surface area (Å²) in [7, 11) is 0. The molecule has 2 aromatic heterocycles. The molecule has 0 unspecified atom stereocenters. The summed E-state index contributed by atoms with van der Waals surface area (Å²) in [6.45, 7) is 2.12. The van der Waals surface area contributed by atoms with Crippen LogP contribution >= 0.6 is 0 Å². The number of fused-ring (bicyclic) bond motifs is 3. The molecule has 2 heterocycles. The second-order valence-corrected chi connectivity index (χ2v) is 12.4. The van der Waals surface area contributed by atoms with Gasteiger partial charge in [0.1, 0.15) is 0 Å². The highest BCUT2D eigenvalue weighted by atomic mass is 16.4. The van der Waals surface area contributed by atoms with E-state index in [1.165, 1.54) is 49.6 Å². The molecule has 0 aliphatic carbocycles. The van der Waals surface area contributed by atoms with Gasteiger partial charge in [-0.25, -0.2) is 0 Å². The Balaban J connectivity index is 1.11. The van der Waals surface area contributed by atoms with E-state index in [9.17, 15) is 0 Å². The lowest BCUT2D eigenvalue weighted by atomic mass is 9.98. The van der Waals surface area contributed by atoms with Crippen molar-refractivity contribution in [3.8, 4) is 62.0 Å². The highest BCUT2D eigenvalue weighted by Gasteiger charge is 2.16. The van der Waals surface area contributed by atoms with Crippen molar-refractivity contribution in [3.63, 3.8) is 0 Å². The van der Waals surface area contributed by atoms with E-state index < -0.39 is 0 Å². The lowest BCUT2D eigenvalue weighted by Crippen LogP contribution is -1.93. The molecule has 0 saturated heterocycles. The minimum Gasteiger partial charge on any atom is -0.416 e. The van der Waals surface area contributed by atoms with Gasteiger partial charge in [-0.15, -0.1) is 10.2 Å². The molecule has 7 aromatic carbocycles. The molecule has 4 nitrogen and oxygen atoms in total. The number of hydrogen-bond donors (Lipinski definition) is 0. The molecule has 0 bridgehead atoms. The fourth-order valence-corrected chi connectivity index (χ4v) is 6.68. The van der Waals surface area contributed by atoms with E-state index >= 15 is 0 Å². The number of para-hydroxylation sites is 1. The zero-order chi connectivity index (χ0) is 32.7. The van der Waals surface area contributed by atoms with Crippen LogP contribution in [-0.2, 0) is 0 Å². The Labute approximate surface area is 284 Å². The number of rotatable bonds is 6. The fraction of sp³-hybridized carbons (Fsp3) is 0.0222. The first-order chi connectivity index (χ1) is 24.2. The summed E-state index contributed by atoms with van der Waals surface area (Å²) in [5.74, 6) is 1.02. The van der Waals surface area contributed by atoms with Gasteiger partial charge in [-0.1, -0.05) is 115 Å². The van der Waals surface area contributed by atoms with Gasteiger partial charge in [0.2, 0.25) is 11.8 Å². The Morgan fingerprint density at radius 1 is 0.388 bits per heavy atom. The Morgan fingerprint density at radius 3 is 1.29 bits per heavy atom. The van der Waals surface area contributed by atoms with Crippen LogP contribution in [0.2, 0.25) is 0 Å². The van der Waals surface area contributed by atoms with E-state index in [-0.39, 0.29) is 0 Å². The third-order valence-corrected chi connectivity index (χ3v) is 9.29. The lowest BCUT2D eigenvalue weighted by molar-refractivity contribution is 0.584. The molecule has 0 fully saturated rings. The first kappa shape index (κ1) is 28.7. The standard InChI is InChI=1S/C45H31N3O/c1-30-12-14-31(15-13-30)32-16-18-33(19-17-32)37-24-26-42-40(28-37)41-29-38(25-27-43(41)48(42)39-10-6-3-7-11-39)34-20-22-36(23-21-34)45-47-46-44(49-45)35-8-4-2-5-9-35/h2-29H,1H3. The van der Waals surface area contributed by atoms with E-state index in [2.05, 4.69) is 149 Å². The quantitative estimate of drug-likeness (QED) is 0.184. The van der Waals surface area contributed by atoms with E-state index in [0.29, 0.717) is 11.8 Å². The Morgan fingerprint density at radius 2 is 0.776 bits per heavy atom. The Hall–Kier alpha value is -6.52. The number of aryl methyl sites for hydroxylation is 1. The minimum atomic E-state index is 0.506. The summed E-state index contributed by atoms with van der Waals surface area (Å²) in [5.41, 5.74) is 13.7. The smallest absolute Gasteiger partial charge is 0.248 e. The van der Waals surface area contributed by atoms with Crippen molar-refractivity contribution in [1.29, 1.82) is 0 Å². The van der Waals surface area contributed by atoms with Gasteiger partial charge in [-0.05, 0) is 101 Å². The van der Waals surface area contributed by atoms with E-state index in [1.54, 1.807) is 0 Å². The summed E-state index contributed by atoms with van der Waals surface area (Å²) in [5, 5.41) is 11.0. The van der Waals surface area contributed by atoms with Crippen LogP contribution in [0, 0.1) is 6.92 Å². The number of benzene rings is 7. The van der Waals surface area contributed by atoms with Gasteiger partial charge < -0.3 is 8.98 Å². The first-order valence-corrected chi connectivity index (χ1v) is 16.5. The summed E-state index contributed by atoms with van der Waals surface area (Å²) in [6.07, 6.45) is 0. The van der Waals surface area contributed by atoms with Crippen molar-refractivity contribution < 1.29 is 4.42 Å². The third kappa shape index (κ3) is 5.30. The second-order valence-electron chi connectivity index (χ2n) is 12.4. The molecule has 0 N–H and O–H groups in total. The lowest BCUT2D eigenvalue weighted by Gasteiger charge is -2.09.